The van der Waals surface area contributed by atoms with E-state index in [9.17, 15) is 24.3 Å². The highest BCUT2D eigenvalue weighted by molar-refractivity contribution is 6.07. The number of aliphatic carboxylic acids is 1. The van der Waals surface area contributed by atoms with Crippen molar-refractivity contribution in [3.8, 4) is 0 Å². The molecule has 0 saturated carbocycles. The zero-order valence-corrected chi connectivity index (χ0v) is 23.4. The Hall–Kier alpha value is -5.03. The van der Waals surface area contributed by atoms with Crippen LogP contribution in [0.15, 0.2) is 84.9 Å². The van der Waals surface area contributed by atoms with Crippen molar-refractivity contribution < 1.29 is 24.3 Å². The number of nitrogens with one attached hydrogen (secondary N) is 4. The van der Waals surface area contributed by atoms with Gasteiger partial charge in [-0.15, -0.1) is 0 Å². The van der Waals surface area contributed by atoms with E-state index in [-0.39, 0.29) is 37.1 Å². The molecule has 1 atom stereocenters. The normalized spacial score (nSPS) is 11.4. The molecule has 0 aromatic heterocycles. The van der Waals surface area contributed by atoms with Crippen LogP contribution in [0, 0.1) is 5.41 Å². The highest BCUT2D eigenvalue weighted by Crippen LogP contribution is 2.28. The van der Waals surface area contributed by atoms with Crippen molar-refractivity contribution in [3.63, 3.8) is 0 Å². The van der Waals surface area contributed by atoms with Crippen molar-refractivity contribution in [1.29, 1.82) is 5.41 Å². The number of carboxylic acids is 1. The fourth-order valence-electron chi connectivity index (χ4n) is 4.55. The van der Waals surface area contributed by atoms with Gasteiger partial charge in [-0.1, -0.05) is 72.8 Å². The first-order valence-corrected chi connectivity index (χ1v) is 13.5. The molecule has 7 N–H and O–H groups in total. The third-order valence-electron chi connectivity index (χ3n) is 6.59. The smallest absolute Gasteiger partial charge is 0.305 e. The first-order chi connectivity index (χ1) is 20.2. The third-order valence-corrected chi connectivity index (χ3v) is 6.59. The van der Waals surface area contributed by atoms with E-state index in [1.807, 2.05) is 60.7 Å². The Labute approximate surface area is 244 Å². The van der Waals surface area contributed by atoms with Gasteiger partial charge in [0.15, 0.2) is 5.96 Å². The zero-order chi connectivity index (χ0) is 30.5. The number of rotatable bonds is 14. The molecule has 0 aliphatic carbocycles. The van der Waals surface area contributed by atoms with Crippen molar-refractivity contribution in [1.82, 2.24) is 20.9 Å². The van der Waals surface area contributed by atoms with E-state index in [4.69, 9.17) is 11.1 Å². The van der Waals surface area contributed by atoms with Gasteiger partial charge in [0.2, 0.25) is 5.91 Å². The van der Waals surface area contributed by atoms with Crippen LogP contribution in [0.4, 0.5) is 0 Å². The van der Waals surface area contributed by atoms with E-state index in [1.165, 1.54) is 0 Å². The topological polar surface area (TPSA) is 178 Å². The first-order valence-electron chi connectivity index (χ1n) is 13.5. The molecule has 0 spiro atoms. The number of carbonyl (C=O) groups is 4. The van der Waals surface area contributed by atoms with E-state index in [0.29, 0.717) is 6.42 Å². The average molecular weight is 573 g/mol. The SMILES string of the molecule is CNCC(=O)N[C@@H](CC(=O)O)C(=O)N(CCC(c1ccccc1)c1ccccc1)C(=O)c1ccc(CNC(=N)N)cc1. The summed E-state index contributed by atoms with van der Waals surface area (Å²) in [7, 11) is 1.55. The Morgan fingerprint density at radius 3 is 1.98 bits per heavy atom. The van der Waals surface area contributed by atoms with Crippen LogP contribution in [-0.2, 0) is 20.9 Å². The van der Waals surface area contributed by atoms with Crippen molar-refractivity contribution in [2.24, 2.45) is 5.73 Å². The second kappa shape index (κ2) is 15.7. The number of benzene rings is 3. The molecule has 0 unspecified atom stereocenters. The molecule has 0 bridgehead atoms. The Bertz CT molecular complexity index is 1330. The Balaban J connectivity index is 1.95. The van der Waals surface area contributed by atoms with Gasteiger partial charge in [-0.2, -0.15) is 0 Å². The van der Waals surface area contributed by atoms with Gasteiger partial charge in [-0.05, 0) is 42.3 Å². The van der Waals surface area contributed by atoms with Crippen LogP contribution in [0.2, 0.25) is 0 Å². The Morgan fingerprint density at radius 2 is 1.48 bits per heavy atom. The van der Waals surface area contributed by atoms with Crippen LogP contribution < -0.4 is 21.7 Å². The lowest BCUT2D eigenvalue weighted by Crippen LogP contribution is -2.53. The molecule has 42 heavy (non-hydrogen) atoms. The van der Waals surface area contributed by atoms with E-state index in [2.05, 4.69) is 16.0 Å². The predicted octanol–water partition coefficient (Wildman–Crippen LogP) is 2.04. The molecule has 0 fully saturated rings. The molecule has 3 aromatic rings. The molecule has 220 valence electrons. The molecule has 0 saturated heterocycles. The van der Waals surface area contributed by atoms with E-state index in [1.54, 1.807) is 31.3 Å². The van der Waals surface area contributed by atoms with Gasteiger partial charge >= 0.3 is 5.97 Å². The minimum absolute atomic E-state index is 0.0300. The monoisotopic (exact) mass is 572 g/mol. The summed E-state index contributed by atoms with van der Waals surface area (Å²) in [6.45, 7) is 0.120. The molecular formula is C31H36N6O5. The lowest BCUT2D eigenvalue weighted by Gasteiger charge is -2.28. The molecule has 0 radical (unpaired) electrons. The van der Waals surface area contributed by atoms with Crippen LogP contribution in [0.25, 0.3) is 0 Å². The van der Waals surface area contributed by atoms with Crippen molar-refractivity contribution in [3.05, 3.63) is 107 Å². The van der Waals surface area contributed by atoms with Gasteiger partial charge in [0.05, 0.1) is 13.0 Å². The lowest BCUT2D eigenvalue weighted by molar-refractivity contribution is -0.142. The number of hydrogen-bond donors (Lipinski definition) is 6. The quantitative estimate of drug-likeness (QED) is 0.126. The summed E-state index contributed by atoms with van der Waals surface area (Å²) in [4.78, 5) is 52.6. The predicted molar refractivity (Wildman–Crippen MR) is 159 cm³/mol. The molecule has 3 rings (SSSR count). The standard InChI is InChI=1S/C31H36N6O5/c1-34-20-27(38)36-26(18-28(39)40)30(42)37(29(41)24-14-12-21(13-15-24)19-35-31(32)33)17-16-25(22-8-4-2-5-9-22)23-10-6-3-7-11-23/h2-15,25-26,34H,16-20H2,1H3,(H,36,38)(H,39,40)(H4,32,33,35)/t26-/m0/s1. The number of likely N-dealkylation sites (N-methyl/N-ethyl adjacent to an activating group) is 1. The molecule has 0 heterocycles. The summed E-state index contributed by atoms with van der Waals surface area (Å²) in [5, 5.41) is 24.6. The lowest BCUT2D eigenvalue weighted by atomic mass is 9.88. The number of nitrogens with zero attached hydrogens (tertiary/aromatic N) is 1. The van der Waals surface area contributed by atoms with Gasteiger partial charge < -0.3 is 26.8 Å². The summed E-state index contributed by atoms with van der Waals surface area (Å²) in [5.41, 5.74) is 8.31. The fourth-order valence-corrected chi connectivity index (χ4v) is 4.55. The summed E-state index contributed by atoms with van der Waals surface area (Å²) in [6.07, 6.45) is -0.328. The number of hydrogen-bond acceptors (Lipinski definition) is 6. The first kappa shape index (κ1) is 31.5. The summed E-state index contributed by atoms with van der Waals surface area (Å²) in [6, 6.07) is 24.4. The van der Waals surface area contributed by atoms with E-state index >= 15 is 0 Å². The number of nitrogens with two attached hydrogens (primary N) is 1. The van der Waals surface area contributed by atoms with E-state index in [0.717, 1.165) is 21.6 Å². The summed E-state index contributed by atoms with van der Waals surface area (Å²) < 4.78 is 0. The molecule has 0 aliphatic heterocycles. The number of carbonyl (C=O) groups excluding carboxylic acids is 3. The maximum absolute atomic E-state index is 13.8. The van der Waals surface area contributed by atoms with Crippen LogP contribution in [0.3, 0.4) is 0 Å². The molecule has 11 nitrogen and oxygen atoms in total. The highest BCUT2D eigenvalue weighted by atomic mass is 16.4. The highest BCUT2D eigenvalue weighted by Gasteiger charge is 2.33. The maximum atomic E-state index is 13.8. The second-order valence-electron chi connectivity index (χ2n) is 9.67. The van der Waals surface area contributed by atoms with Crippen molar-refractivity contribution in [2.45, 2.75) is 31.3 Å². The minimum Gasteiger partial charge on any atom is -0.481 e. The van der Waals surface area contributed by atoms with Crippen LogP contribution in [0.5, 0.6) is 0 Å². The third kappa shape index (κ3) is 9.27. The molecule has 11 heteroatoms. The zero-order valence-electron chi connectivity index (χ0n) is 23.4. The van der Waals surface area contributed by atoms with Crippen molar-refractivity contribution >= 4 is 29.7 Å². The van der Waals surface area contributed by atoms with Crippen LogP contribution in [0.1, 0.15) is 45.8 Å². The summed E-state index contributed by atoms with van der Waals surface area (Å²) >= 11 is 0. The molecule has 3 amide bonds. The van der Waals surface area contributed by atoms with Crippen LogP contribution in [-0.4, -0.2) is 65.8 Å². The van der Waals surface area contributed by atoms with Gasteiger partial charge in [-0.25, -0.2) is 0 Å². The van der Waals surface area contributed by atoms with Crippen LogP contribution >= 0.6 is 0 Å². The molecule has 0 aliphatic rings. The average Bonchev–Trinajstić information content (AvgIpc) is 2.98. The summed E-state index contributed by atoms with van der Waals surface area (Å²) in [5.74, 6) is -3.65. The van der Waals surface area contributed by atoms with Gasteiger partial charge in [0.1, 0.15) is 6.04 Å². The van der Waals surface area contributed by atoms with Crippen molar-refractivity contribution in [2.75, 3.05) is 20.1 Å². The Kier molecular flexibility index (Phi) is 11.8. The number of guanidine groups is 1. The van der Waals surface area contributed by atoms with E-state index < -0.39 is 36.2 Å². The molecule has 3 aromatic carbocycles. The second-order valence-corrected chi connectivity index (χ2v) is 9.67. The van der Waals surface area contributed by atoms with Gasteiger partial charge in [-0.3, -0.25) is 29.5 Å². The number of carboxylic acid groups (broad SMARTS) is 1. The number of imide groups is 1. The largest absolute Gasteiger partial charge is 0.481 e. The maximum Gasteiger partial charge on any atom is 0.305 e. The molecular weight excluding hydrogens is 536 g/mol. The minimum atomic E-state index is -1.45. The van der Waals surface area contributed by atoms with Gasteiger partial charge in [0, 0.05) is 24.6 Å². The fraction of sp³-hybridized carbons (Fsp3) is 0.258. The Morgan fingerprint density at radius 1 is 0.905 bits per heavy atom. The van der Waals surface area contributed by atoms with Gasteiger partial charge in [0.25, 0.3) is 11.8 Å². The number of amides is 3.